The molecule has 1 heterocycles. The minimum absolute atomic E-state index is 0.0474. The van der Waals surface area contributed by atoms with Gasteiger partial charge in [0.15, 0.2) is 18.1 Å². The molecule has 10 nitrogen and oxygen atoms in total. The second-order valence-corrected chi connectivity index (χ2v) is 7.23. The van der Waals surface area contributed by atoms with Crippen LogP contribution in [0, 0.1) is 0 Å². The van der Waals surface area contributed by atoms with E-state index < -0.39 is 0 Å². The molecule has 0 radical (unpaired) electrons. The van der Waals surface area contributed by atoms with E-state index in [1.165, 1.54) is 4.90 Å². The number of benzene rings is 2. The number of hydrogen-bond donors (Lipinski definition) is 1. The van der Waals surface area contributed by atoms with Crippen LogP contribution in [-0.4, -0.2) is 61.8 Å². The molecule has 0 atom stereocenters. The van der Waals surface area contributed by atoms with Crippen LogP contribution in [-0.2, 0) is 16.0 Å². The number of anilines is 1. The molecule has 0 saturated carbocycles. The van der Waals surface area contributed by atoms with Crippen LogP contribution in [0.3, 0.4) is 0 Å². The van der Waals surface area contributed by atoms with Crippen molar-refractivity contribution in [3.05, 3.63) is 48.4 Å². The molecule has 10 heteroatoms. The summed E-state index contributed by atoms with van der Waals surface area (Å²) in [6.07, 6.45) is 0.461. The zero-order chi connectivity index (χ0) is 23.8. The van der Waals surface area contributed by atoms with Crippen molar-refractivity contribution in [1.82, 2.24) is 15.0 Å². The summed E-state index contributed by atoms with van der Waals surface area (Å²) in [6.45, 7) is -0.0474. The number of aryl methyl sites for hydroxylation is 1. The maximum atomic E-state index is 12.3. The molecule has 0 aliphatic rings. The number of nitrogens with zero attached hydrogens (tertiary/aromatic N) is 3. The number of nitrogens with one attached hydrogen (secondary N) is 1. The smallest absolute Gasteiger partial charge is 0.259 e. The topological polar surface area (TPSA) is 116 Å². The fourth-order valence-corrected chi connectivity index (χ4v) is 2.80. The third-order valence-corrected chi connectivity index (χ3v) is 4.67. The summed E-state index contributed by atoms with van der Waals surface area (Å²) in [6, 6.07) is 12.1. The lowest BCUT2D eigenvalue weighted by Crippen LogP contribution is -2.27. The lowest BCUT2D eigenvalue weighted by Gasteiger charge is -2.11. The molecule has 3 aromatic rings. The van der Waals surface area contributed by atoms with E-state index in [4.69, 9.17) is 18.7 Å². The molecule has 3 rings (SSSR count). The van der Waals surface area contributed by atoms with Crippen molar-refractivity contribution in [3.8, 4) is 28.6 Å². The van der Waals surface area contributed by atoms with Crippen LogP contribution < -0.4 is 19.5 Å². The van der Waals surface area contributed by atoms with E-state index in [9.17, 15) is 9.59 Å². The fraction of sp³-hybridized carbons (Fsp3) is 0.304. The van der Waals surface area contributed by atoms with E-state index in [1.54, 1.807) is 70.8 Å². The van der Waals surface area contributed by atoms with Crippen molar-refractivity contribution in [2.24, 2.45) is 0 Å². The van der Waals surface area contributed by atoms with Crippen molar-refractivity contribution in [2.75, 3.05) is 40.2 Å². The predicted molar refractivity (Wildman–Crippen MR) is 120 cm³/mol. The van der Waals surface area contributed by atoms with Crippen molar-refractivity contribution < 1.29 is 28.3 Å². The van der Waals surface area contributed by atoms with Crippen LogP contribution in [0.15, 0.2) is 47.0 Å². The highest BCUT2D eigenvalue weighted by atomic mass is 16.5. The molecule has 2 amide bonds. The molecule has 0 saturated heterocycles. The van der Waals surface area contributed by atoms with Gasteiger partial charge in [0, 0.05) is 38.2 Å². The quantitative estimate of drug-likeness (QED) is 0.497. The van der Waals surface area contributed by atoms with E-state index in [1.807, 2.05) is 0 Å². The van der Waals surface area contributed by atoms with E-state index in [-0.39, 0.29) is 24.8 Å². The first kappa shape index (κ1) is 23.6. The molecule has 1 aromatic heterocycles. The Kier molecular flexibility index (Phi) is 7.85. The number of carbonyl (C=O) groups is 2. The summed E-state index contributed by atoms with van der Waals surface area (Å²) in [5.74, 6) is 2.11. The first-order chi connectivity index (χ1) is 15.9. The Balaban J connectivity index is 1.50. The monoisotopic (exact) mass is 454 g/mol. The normalized spacial score (nSPS) is 10.4. The summed E-state index contributed by atoms with van der Waals surface area (Å²) >= 11 is 0. The Hall–Kier alpha value is -4.08. The summed E-state index contributed by atoms with van der Waals surface area (Å²) < 4.78 is 21.2. The molecule has 33 heavy (non-hydrogen) atoms. The van der Waals surface area contributed by atoms with Crippen LogP contribution >= 0.6 is 0 Å². The molecule has 174 valence electrons. The summed E-state index contributed by atoms with van der Waals surface area (Å²) in [7, 11) is 6.44. The first-order valence-electron chi connectivity index (χ1n) is 10.2. The Morgan fingerprint density at radius 3 is 2.42 bits per heavy atom. The van der Waals surface area contributed by atoms with Gasteiger partial charge in [0.2, 0.25) is 17.6 Å². The van der Waals surface area contributed by atoms with Gasteiger partial charge in [0.25, 0.3) is 5.91 Å². The standard InChI is InChI=1S/C23H26N4O6/c1-27(2)22(29)14-32-17-8-6-16(7-9-17)24-20(28)11-12-21-25-23(26-33-21)15-5-10-18(30-3)19(13-15)31-4/h5-10,13H,11-12,14H2,1-4H3,(H,24,28). The van der Waals surface area contributed by atoms with Gasteiger partial charge in [0.1, 0.15) is 5.75 Å². The van der Waals surface area contributed by atoms with Gasteiger partial charge < -0.3 is 29.0 Å². The Bertz CT molecular complexity index is 1090. The van der Waals surface area contributed by atoms with Crippen molar-refractivity contribution in [3.63, 3.8) is 0 Å². The molecule has 0 bridgehead atoms. The fourth-order valence-electron chi connectivity index (χ4n) is 2.80. The highest BCUT2D eigenvalue weighted by Crippen LogP contribution is 2.31. The molecule has 0 aliphatic carbocycles. The number of aromatic nitrogens is 2. The third kappa shape index (κ3) is 6.45. The first-order valence-corrected chi connectivity index (χ1v) is 10.2. The minimum atomic E-state index is -0.197. The lowest BCUT2D eigenvalue weighted by atomic mass is 10.2. The van der Waals surface area contributed by atoms with E-state index in [0.29, 0.717) is 46.6 Å². The highest BCUT2D eigenvalue weighted by molar-refractivity contribution is 5.90. The average Bonchev–Trinajstić information content (AvgIpc) is 3.30. The average molecular weight is 454 g/mol. The number of ether oxygens (including phenoxy) is 3. The summed E-state index contributed by atoms with van der Waals surface area (Å²) in [5.41, 5.74) is 1.32. The van der Waals surface area contributed by atoms with Gasteiger partial charge in [-0.2, -0.15) is 4.98 Å². The Morgan fingerprint density at radius 1 is 1.03 bits per heavy atom. The van der Waals surface area contributed by atoms with E-state index >= 15 is 0 Å². The zero-order valence-electron chi connectivity index (χ0n) is 19.0. The van der Waals surface area contributed by atoms with Gasteiger partial charge in [0.05, 0.1) is 14.2 Å². The van der Waals surface area contributed by atoms with Crippen molar-refractivity contribution in [1.29, 1.82) is 0 Å². The van der Waals surface area contributed by atoms with Crippen molar-refractivity contribution >= 4 is 17.5 Å². The molecule has 1 N–H and O–H groups in total. The summed E-state index contributed by atoms with van der Waals surface area (Å²) in [5, 5.41) is 6.77. The number of amides is 2. The van der Waals surface area contributed by atoms with Gasteiger partial charge in [-0.15, -0.1) is 0 Å². The number of methoxy groups -OCH3 is 2. The maximum absolute atomic E-state index is 12.3. The highest BCUT2D eigenvalue weighted by Gasteiger charge is 2.13. The van der Waals surface area contributed by atoms with Crippen LogP contribution in [0.2, 0.25) is 0 Å². The van der Waals surface area contributed by atoms with Gasteiger partial charge in [-0.25, -0.2) is 0 Å². The van der Waals surface area contributed by atoms with Crippen LogP contribution in [0.5, 0.6) is 17.2 Å². The van der Waals surface area contributed by atoms with Crippen molar-refractivity contribution in [2.45, 2.75) is 12.8 Å². The molecular weight excluding hydrogens is 428 g/mol. The second kappa shape index (κ2) is 11.0. The minimum Gasteiger partial charge on any atom is -0.493 e. The molecule has 0 unspecified atom stereocenters. The predicted octanol–water partition coefficient (Wildman–Crippen LogP) is 2.79. The lowest BCUT2D eigenvalue weighted by molar-refractivity contribution is -0.130. The van der Waals surface area contributed by atoms with Crippen LogP contribution in [0.25, 0.3) is 11.4 Å². The number of rotatable bonds is 10. The summed E-state index contributed by atoms with van der Waals surface area (Å²) in [4.78, 5) is 29.6. The molecule has 0 aliphatic heterocycles. The number of carbonyl (C=O) groups excluding carboxylic acids is 2. The third-order valence-electron chi connectivity index (χ3n) is 4.67. The largest absolute Gasteiger partial charge is 0.493 e. The van der Waals surface area contributed by atoms with Gasteiger partial charge in [-0.1, -0.05) is 5.16 Å². The van der Waals surface area contributed by atoms with Crippen LogP contribution in [0.4, 0.5) is 5.69 Å². The molecular formula is C23H26N4O6. The van der Waals surface area contributed by atoms with Gasteiger partial charge in [-0.3, -0.25) is 9.59 Å². The Labute approximate surface area is 191 Å². The van der Waals surface area contributed by atoms with E-state index in [0.717, 1.165) is 0 Å². The second-order valence-electron chi connectivity index (χ2n) is 7.23. The maximum Gasteiger partial charge on any atom is 0.259 e. The Morgan fingerprint density at radius 2 is 1.76 bits per heavy atom. The zero-order valence-corrected chi connectivity index (χ0v) is 19.0. The van der Waals surface area contributed by atoms with Crippen LogP contribution in [0.1, 0.15) is 12.3 Å². The molecule has 2 aromatic carbocycles. The van der Waals surface area contributed by atoms with Gasteiger partial charge in [-0.05, 0) is 42.5 Å². The number of likely N-dealkylation sites (N-methyl/N-ethyl adjacent to an activating group) is 1. The van der Waals surface area contributed by atoms with Gasteiger partial charge >= 0.3 is 0 Å². The molecule has 0 fully saturated rings. The number of hydrogen-bond acceptors (Lipinski definition) is 8. The molecule has 0 spiro atoms. The van der Waals surface area contributed by atoms with E-state index in [2.05, 4.69) is 15.5 Å². The SMILES string of the molecule is COc1ccc(-c2noc(CCC(=O)Nc3ccc(OCC(=O)N(C)C)cc3)n2)cc1OC.